The molecule has 0 radical (unpaired) electrons. The molecule has 2 rings (SSSR count). The standard InChI is InChI=1S/C15H20BrClN2O/c1-18-5-2-11-3-6-19(7-4-11)15(20)12-8-13(16)10-14(17)9-12/h8-11,18H,2-7H2,1H3. The van der Waals surface area contributed by atoms with Crippen molar-refractivity contribution in [3.63, 3.8) is 0 Å². The third kappa shape index (κ3) is 4.21. The minimum absolute atomic E-state index is 0.0836. The van der Waals surface area contributed by atoms with Crippen molar-refractivity contribution in [2.45, 2.75) is 19.3 Å². The summed E-state index contributed by atoms with van der Waals surface area (Å²) >= 11 is 9.39. The molecule has 1 aliphatic rings. The van der Waals surface area contributed by atoms with E-state index in [4.69, 9.17) is 11.6 Å². The second-order valence-electron chi connectivity index (χ2n) is 5.29. The van der Waals surface area contributed by atoms with E-state index in [0.717, 1.165) is 42.9 Å². The van der Waals surface area contributed by atoms with Gasteiger partial charge in [0.1, 0.15) is 0 Å². The number of nitrogens with one attached hydrogen (secondary N) is 1. The summed E-state index contributed by atoms with van der Waals surface area (Å²) in [6, 6.07) is 5.37. The van der Waals surface area contributed by atoms with Crippen LogP contribution in [-0.2, 0) is 0 Å². The Morgan fingerprint density at radius 3 is 2.70 bits per heavy atom. The highest BCUT2D eigenvalue weighted by Gasteiger charge is 2.23. The van der Waals surface area contributed by atoms with Crippen LogP contribution in [0.2, 0.25) is 5.02 Å². The topological polar surface area (TPSA) is 32.3 Å². The smallest absolute Gasteiger partial charge is 0.253 e. The quantitative estimate of drug-likeness (QED) is 0.891. The number of carbonyl (C=O) groups is 1. The molecule has 1 aromatic carbocycles. The fourth-order valence-corrected chi connectivity index (χ4v) is 3.49. The van der Waals surface area contributed by atoms with Crippen LogP contribution >= 0.6 is 27.5 Å². The van der Waals surface area contributed by atoms with E-state index >= 15 is 0 Å². The van der Waals surface area contributed by atoms with Crippen LogP contribution in [0.15, 0.2) is 22.7 Å². The van der Waals surface area contributed by atoms with Gasteiger partial charge in [0.15, 0.2) is 0 Å². The lowest BCUT2D eigenvalue weighted by Gasteiger charge is -2.32. The summed E-state index contributed by atoms with van der Waals surface area (Å²) in [5.41, 5.74) is 0.665. The van der Waals surface area contributed by atoms with Gasteiger partial charge in [0.05, 0.1) is 0 Å². The average Bonchev–Trinajstić information content (AvgIpc) is 2.44. The normalized spacial score (nSPS) is 16.4. The van der Waals surface area contributed by atoms with E-state index < -0.39 is 0 Å². The van der Waals surface area contributed by atoms with Gasteiger partial charge in [-0.1, -0.05) is 27.5 Å². The number of benzene rings is 1. The summed E-state index contributed by atoms with van der Waals surface area (Å²) in [4.78, 5) is 14.4. The summed E-state index contributed by atoms with van der Waals surface area (Å²) < 4.78 is 0.845. The van der Waals surface area contributed by atoms with E-state index in [1.54, 1.807) is 12.1 Å². The maximum Gasteiger partial charge on any atom is 0.253 e. The largest absolute Gasteiger partial charge is 0.339 e. The fraction of sp³-hybridized carbons (Fsp3) is 0.533. The SMILES string of the molecule is CNCCC1CCN(C(=O)c2cc(Cl)cc(Br)c2)CC1. The molecule has 1 amide bonds. The van der Waals surface area contributed by atoms with Gasteiger partial charge in [-0.2, -0.15) is 0 Å². The van der Waals surface area contributed by atoms with Gasteiger partial charge >= 0.3 is 0 Å². The number of hydrogen-bond acceptors (Lipinski definition) is 2. The number of halogens is 2. The molecule has 0 bridgehead atoms. The molecular formula is C15H20BrClN2O. The number of nitrogens with zero attached hydrogens (tertiary/aromatic N) is 1. The van der Waals surface area contributed by atoms with Gasteiger partial charge in [-0.05, 0) is 57.0 Å². The van der Waals surface area contributed by atoms with Gasteiger partial charge in [0.2, 0.25) is 0 Å². The Bertz CT molecular complexity index is 453. The Morgan fingerprint density at radius 2 is 2.10 bits per heavy atom. The van der Waals surface area contributed by atoms with Crippen LogP contribution in [-0.4, -0.2) is 37.5 Å². The molecule has 3 nitrogen and oxygen atoms in total. The molecular weight excluding hydrogens is 340 g/mol. The van der Waals surface area contributed by atoms with E-state index in [9.17, 15) is 4.79 Å². The van der Waals surface area contributed by atoms with Gasteiger partial charge in [-0.3, -0.25) is 4.79 Å². The molecule has 0 aromatic heterocycles. The highest BCUT2D eigenvalue weighted by molar-refractivity contribution is 9.10. The van der Waals surface area contributed by atoms with Crippen molar-refractivity contribution < 1.29 is 4.79 Å². The molecule has 20 heavy (non-hydrogen) atoms. The average molecular weight is 360 g/mol. The lowest BCUT2D eigenvalue weighted by molar-refractivity contribution is 0.0687. The van der Waals surface area contributed by atoms with Gasteiger partial charge in [0, 0.05) is 28.1 Å². The molecule has 1 fully saturated rings. The summed E-state index contributed by atoms with van der Waals surface area (Å²) in [5, 5.41) is 3.78. The number of rotatable bonds is 4. The maximum absolute atomic E-state index is 12.5. The molecule has 0 aliphatic carbocycles. The van der Waals surface area contributed by atoms with E-state index in [0.29, 0.717) is 10.6 Å². The Hall–Kier alpha value is -0.580. The molecule has 0 atom stereocenters. The first-order valence-corrected chi connectivity index (χ1v) is 8.17. The molecule has 5 heteroatoms. The number of hydrogen-bond donors (Lipinski definition) is 1. The second-order valence-corrected chi connectivity index (χ2v) is 6.64. The molecule has 1 saturated heterocycles. The predicted molar refractivity (Wildman–Crippen MR) is 86.3 cm³/mol. The third-order valence-corrected chi connectivity index (χ3v) is 4.49. The Labute approximate surface area is 133 Å². The number of amides is 1. The Kier molecular flexibility index (Phi) is 5.87. The van der Waals surface area contributed by atoms with Crippen LogP contribution in [0, 0.1) is 5.92 Å². The fourth-order valence-electron chi connectivity index (χ4n) is 2.63. The van der Waals surface area contributed by atoms with Gasteiger partial charge in [0.25, 0.3) is 5.91 Å². The molecule has 1 N–H and O–H groups in total. The van der Waals surface area contributed by atoms with Crippen molar-refractivity contribution in [3.05, 3.63) is 33.3 Å². The van der Waals surface area contributed by atoms with Crippen molar-refractivity contribution in [2.75, 3.05) is 26.7 Å². The van der Waals surface area contributed by atoms with E-state index in [2.05, 4.69) is 21.2 Å². The van der Waals surface area contributed by atoms with Crippen LogP contribution in [0.25, 0.3) is 0 Å². The number of carbonyl (C=O) groups excluding carboxylic acids is 1. The number of piperidine rings is 1. The van der Waals surface area contributed by atoms with Crippen LogP contribution in [0.4, 0.5) is 0 Å². The van der Waals surface area contributed by atoms with E-state index in [1.807, 2.05) is 18.0 Å². The molecule has 1 aliphatic heterocycles. The van der Waals surface area contributed by atoms with Crippen LogP contribution < -0.4 is 5.32 Å². The lowest BCUT2D eigenvalue weighted by atomic mass is 9.93. The zero-order valence-electron chi connectivity index (χ0n) is 11.7. The van der Waals surface area contributed by atoms with Crippen molar-refractivity contribution in [1.82, 2.24) is 10.2 Å². The Morgan fingerprint density at radius 1 is 1.40 bits per heavy atom. The third-order valence-electron chi connectivity index (χ3n) is 3.81. The maximum atomic E-state index is 12.5. The lowest BCUT2D eigenvalue weighted by Crippen LogP contribution is -2.39. The molecule has 0 spiro atoms. The first-order chi connectivity index (χ1) is 9.60. The first kappa shape index (κ1) is 15.8. The van der Waals surface area contributed by atoms with Crippen molar-refractivity contribution in [2.24, 2.45) is 5.92 Å². The van der Waals surface area contributed by atoms with Crippen molar-refractivity contribution in [3.8, 4) is 0 Å². The Balaban J connectivity index is 1.94. The summed E-state index contributed by atoms with van der Waals surface area (Å²) in [6.07, 6.45) is 3.38. The van der Waals surface area contributed by atoms with E-state index in [1.165, 1.54) is 6.42 Å². The van der Waals surface area contributed by atoms with Crippen molar-refractivity contribution >= 4 is 33.4 Å². The minimum Gasteiger partial charge on any atom is -0.339 e. The first-order valence-electron chi connectivity index (χ1n) is 7.00. The molecule has 110 valence electrons. The molecule has 1 aromatic rings. The van der Waals surface area contributed by atoms with Crippen molar-refractivity contribution in [1.29, 1.82) is 0 Å². The zero-order chi connectivity index (χ0) is 14.5. The summed E-state index contributed by atoms with van der Waals surface area (Å²) in [5.74, 6) is 0.817. The number of likely N-dealkylation sites (tertiary alicyclic amines) is 1. The molecule has 0 unspecified atom stereocenters. The predicted octanol–water partition coefficient (Wildman–Crippen LogP) is 3.56. The van der Waals surface area contributed by atoms with Gasteiger partial charge in [-0.15, -0.1) is 0 Å². The highest BCUT2D eigenvalue weighted by atomic mass is 79.9. The monoisotopic (exact) mass is 358 g/mol. The molecule has 1 heterocycles. The highest BCUT2D eigenvalue weighted by Crippen LogP contribution is 2.24. The molecule has 0 saturated carbocycles. The summed E-state index contributed by atoms with van der Waals surface area (Å²) in [6.45, 7) is 2.74. The second kappa shape index (κ2) is 7.43. The summed E-state index contributed by atoms with van der Waals surface area (Å²) in [7, 11) is 1.98. The van der Waals surface area contributed by atoms with E-state index in [-0.39, 0.29) is 5.91 Å². The van der Waals surface area contributed by atoms with Gasteiger partial charge in [-0.25, -0.2) is 0 Å². The van der Waals surface area contributed by atoms with Crippen LogP contribution in [0.3, 0.4) is 0 Å². The zero-order valence-corrected chi connectivity index (χ0v) is 14.0. The van der Waals surface area contributed by atoms with Crippen LogP contribution in [0.5, 0.6) is 0 Å². The van der Waals surface area contributed by atoms with Crippen LogP contribution in [0.1, 0.15) is 29.6 Å². The van der Waals surface area contributed by atoms with Gasteiger partial charge < -0.3 is 10.2 Å². The minimum atomic E-state index is 0.0836.